The van der Waals surface area contributed by atoms with E-state index in [9.17, 15) is 9.90 Å². The molecule has 1 fully saturated rings. The summed E-state index contributed by atoms with van der Waals surface area (Å²) in [5.74, 6) is -0.118. The number of aromatic nitrogens is 2. The Kier molecular flexibility index (Phi) is 4.95. The summed E-state index contributed by atoms with van der Waals surface area (Å²) >= 11 is 0. The van der Waals surface area contributed by atoms with Crippen LogP contribution in [0.1, 0.15) is 16.2 Å². The lowest BCUT2D eigenvalue weighted by Crippen LogP contribution is -2.42. The van der Waals surface area contributed by atoms with Crippen LogP contribution < -0.4 is 5.32 Å². The van der Waals surface area contributed by atoms with E-state index in [0.717, 1.165) is 13.1 Å². The van der Waals surface area contributed by atoms with Crippen LogP contribution in [-0.4, -0.2) is 51.6 Å². The van der Waals surface area contributed by atoms with Gasteiger partial charge in [-0.15, -0.1) is 0 Å². The lowest BCUT2D eigenvalue weighted by atomic mass is 10.1. The second-order valence-corrected chi connectivity index (χ2v) is 5.77. The zero-order chi connectivity index (χ0) is 16.1. The van der Waals surface area contributed by atoms with Crippen LogP contribution in [0.3, 0.4) is 0 Å². The lowest BCUT2D eigenvalue weighted by Gasteiger charge is -2.17. The van der Waals surface area contributed by atoms with E-state index in [1.807, 2.05) is 18.2 Å². The molecule has 2 N–H and O–H groups in total. The molecule has 3 rings (SSSR count). The van der Waals surface area contributed by atoms with Crippen molar-refractivity contribution in [2.75, 3.05) is 19.7 Å². The van der Waals surface area contributed by atoms with Gasteiger partial charge in [-0.25, -0.2) is 9.97 Å². The maximum Gasteiger partial charge on any atom is 0.289 e. The molecule has 1 aromatic heterocycles. The molecular weight excluding hydrogens is 292 g/mol. The Hall–Kier alpha value is -2.31. The van der Waals surface area contributed by atoms with Gasteiger partial charge in [0.25, 0.3) is 5.91 Å². The van der Waals surface area contributed by atoms with Gasteiger partial charge in [0.05, 0.1) is 0 Å². The Labute approximate surface area is 135 Å². The normalized spacial score (nSPS) is 21.3. The van der Waals surface area contributed by atoms with Crippen LogP contribution in [0.15, 0.2) is 48.8 Å². The van der Waals surface area contributed by atoms with Gasteiger partial charge in [0.1, 0.15) is 0 Å². The summed E-state index contributed by atoms with van der Waals surface area (Å²) in [5, 5.41) is 12.5. The van der Waals surface area contributed by atoms with Crippen LogP contribution in [-0.2, 0) is 6.54 Å². The van der Waals surface area contributed by atoms with Crippen LogP contribution in [0.2, 0.25) is 0 Å². The van der Waals surface area contributed by atoms with Gasteiger partial charge in [0, 0.05) is 50.6 Å². The number of likely N-dealkylation sites (tertiary alicyclic amines) is 1. The average molecular weight is 312 g/mol. The number of hydrogen-bond donors (Lipinski definition) is 2. The van der Waals surface area contributed by atoms with Gasteiger partial charge in [-0.3, -0.25) is 9.69 Å². The van der Waals surface area contributed by atoms with Gasteiger partial charge in [0.15, 0.2) is 0 Å². The minimum atomic E-state index is -0.296. The summed E-state index contributed by atoms with van der Waals surface area (Å²) in [7, 11) is 0. The molecule has 0 bridgehead atoms. The van der Waals surface area contributed by atoms with Crippen LogP contribution in [0, 0.1) is 5.92 Å². The Morgan fingerprint density at radius 3 is 2.61 bits per heavy atom. The van der Waals surface area contributed by atoms with Crippen molar-refractivity contribution in [2.45, 2.75) is 12.6 Å². The first-order chi connectivity index (χ1) is 11.3. The third kappa shape index (κ3) is 3.91. The molecule has 1 aromatic carbocycles. The highest BCUT2D eigenvalue weighted by Crippen LogP contribution is 2.19. The quantitative estimate of drug-likeness (QED) is 0.850. The van der Waals surface area contributed by atoms with Crippen molar-refractivity contribution < 1.29 is 9.90 Å². The van der Waals surface area contributed by atoms with E-state index in [1.165, 1.54) is 5.56 Å². The van der Waals surface area contributed by atoms with Crippen LogP contribution in [0.4, 0.5) is 0 Å². The Balaban J connectivity index is 1.62. The number of benzene rings is 1. The molecule has 120 valence electrons. The van der Waals surface area contributed by atoms with E-state index in [0.29, 0.717) is 6.54 Å². The molecule has 0 spiro atoms. The highest BCUT2D eigenvalue weighted by molar-refractivity contribution is 5.90. The van der Waals surface area contributed by atoms with Crippen molar-refractivity contribution in [1.82, 2.24) is 20.2 Å². The molecule has 2 atom stereocenters. The fraction of sp³-hybridized carbons (Fsp3) is 0.353. The first kappa shape index (κ1) is 15.6. The zero-order valence-electron chi connectivity index (χ0n) is 12.8. The zero-order valence-corrected chi connectivity index (χ0v) is 12.8. The molecule has 1 aliphatic rings. The third-order valence-corrected chi connectivity index (χ3v) is 4.09. The highest BCUT2D eigenvalue weighted by Gasteiger charge is 2.33. The topological polar surface area (TPSA) is 78.4 Å². The number of rotatable bonds is 5. The standard InChI is InChI=1S/C17H20N4O2/c22-12-14-10-21(9-13-5-2-1-3-6-13)11-15(14)20-17(23)16-18-7-4-8-19-16/h1-8,14-15,22H,9-12H2,(H,20,23)/t14-,15+/m0/s1. The summed E-state index contributed by atoms with van der Waals surface area (Å²) in [4.78, 5) is 22.4. The van der Waals surface area contributed by atoms with Gasteiger partial charge in [-0.2, -0.15) is 0 Å². The number of carbonyl (C=O) groups is 1. The monoisotopic (exact) mass is 312 g/mol. The number of aliphatic hydroxyl groups is 1. The summed E-state index contributed by atoms with van der Waals surface area (Å²) in [5.41, 5.74) is 1.22. The first-order valence-electron chi connectivity index (χ1n) is 7.71. The summed E-state index contributed by atoms with van der Waals surface area (Å²) in [6, 6.07) is 11.8. The van der Waals surface area contributed by atoms with Crippen LogP contribution in [0.5, 0.6) is 0 Å². The largest absolute Gasteiger partial charge is 0.396 e. The molecule has 6 heteroatoms. The molecular formula is C17H20N4O2. The molecule has 0 aliphatic carbocycles. The Bertz CT molecular complexity index is 636. The highest BCUT2D eigenvalue weighted by atomic mass is 16.3. The SMILES string of the molecule is O=C(N[C@@H]1CN(Cc2ccccc2)C[C@H]1CO)c1ncccn1. The van der Waals surface area contributed by atoms with E-state index in [1.54, 1.807) is 18.5 Å². The number of hydrogen-bond acceptors (Lipinski definition) is 5. The lowest BCUT2D eigenvalue weighted by molar-refractivity contribution is 0.0910. The van der Waals surface area contributed by atoms with Gasteiger partial charge in [-0.1, -0.05) is 30.3 Å². The summed E-state index contributed by atoms with van der Waals surface area (Å²) in [6.45, 7) is 2.32. The Morgan fingerprint density at radius 2 is 1.91 bits per heavy atom. The van der Waals surface area contributed by atoms with Crippen molar-refractivity contribution >= 4 is 5.91 Å². The second-order valence-electron chi connectivity index (χ2n) is 5.77. The minimum Gasteiger partial charge on any atom is -0.396 e. The predicted molar refractivity (Wildman–Crippen MR) is 85.6 cm³/mol. The maximum atomic E-state index is 12.2. The van der Waals surface area contributed by atoms with Crippen molar-refractivity contribution in [3.63, 3.8) is 0 Å². The van der Waals surface area contributed by atoms with E-state index in [2.05, 4.69) is 32.3 Å². The molecule has 23 heavy (non-hydrogen) atoms. The Morgan fingerprint density at radius 1 is 1.17 bits per heavy atom. The number of nitrogens with one attached hydrogen (secondary N) is 1. The van der Waals surface area contributed by atoms with E-state index >= 15 is 0 Å². The van der Waals surface area contributed by atoms with E-state index in [-0.39, 0.29) is 30.3 Å². The molecule has 0 saturated carbocycles. The van der Waals surface area contributed by atoms with Crippen LogP contribution in [0.25, 0.3) is 0 Å². The van der Waals surface area contributed by atoms with Crippen molar-refractivity contribution in [2.24, 2.45) is 5.92 Å². The fourth-order valence-corrected chi connectivity index (χ4v) is 2.93. The molecule has 2 aromatic rings. The fourth-order valence-electron chi connectivity index (χ4n) is 2.93. The minimum absolute atomic E-state index is 0.0198. The number of aliphatic hydroxyl groups excluding tert-OH is 1. The molecule has 1 amide bonds. The van der Waals surface area contributed by atoms with Gasteiger partial charge < -0.3 is 10.4 Å². The molecule has 0 unspecified atom stereocenters. The van der Waals surface area contributed by atoms with Crippen LogP contribution >= 0.6 is 0 Å². The maximum absolute atomic E-state index is 12.2. The van der Waals surface area contributed by atoms with Gasteiger partial charge in [0.2, 0.25) is 5.82 Å². The molecule has 0 radical (unpaired) electrons. The molecule has 1 aliphatic heterocycles. The molecule has 6 nitrogen and oxygen atoms in total. The number of amides is 1. The first-order valence-corrected chi connectivity index (χ1v) is 7.71. The van der Waals surface area contributed by atoms with Crippen molar-refractivity contribution in [3.8, 4) is 0 Å². The van der Waals surface area contributed by atoms with E-state index < -0.39 is 0 Å². The van der Waals surface area contributed by atoms with Gasteiger partial charge >= 0.3 is 0 Å². The van der Waals surface area contributed by atoms with Gasteiger partial charge in [-0.05, 0) is 11.6 Å². The number of nitrogens with zero attached hydrogens (tertiary/aromatic N) is 3. The van der Waals surface area contributed by atoms with Crippen molar-refractivity contribution in [3.05, 3.63) is 60.2 Å². The molecule has 1 saturated heterocycles. The predicted octanol–water partition coefficient (Wildman–Crippen LogP) is 0.699. The third-order valence-electron chi connectivity index (χ3n) is 4.09. The average Bonchev–Trinajstić information content (AvgIpc) is 2.98. The number of carbonyl (C=O) groups excluding carboxylic acids is 1. The second kappa shape index (κ2) is 7.30. The smallest absolute Gasteiger partial charge is 0.289 e. The van der Waals surface area contributed by atoms with E-state index in [4.69, 9.17) is 0 Å². The molecule has 2 heterocycles. The summed E-state index contributed by atoms with van der Waals surface area (Å²) < 4.78 is 0. The van der Waals surface area contributed by atoms with Crippen molar-refractivity contribution in [1.29, 1.82) is 0 Å². The summed E-state index contributed by atoms with van der Waals surface area (Å²) in [6.07, 6.45) is 3.09.